The fourth-order valence-electron chi connectivity index (χ4n) is 3.52. The molecule has 0 spiro atoms. The van der Waals surface area contributed by atoms with Crippen LogP contribution in [0.2, 0.25) is 5.02 Å². The highest BCUT2D eigenvalue weighted by atomic mass is 35.5. The Balaban J connectivity index is 2.13. The number of aryl methyl sites for hydroxylation is 1. The van der Waals surface area contributed by atoms with Crippen molar-refractivity contribution in [3.63, 3.8) is 0 Å². The molecule has 0 saturated carbocycles. The summed E-state index contributed by atoms with van der Waals surface area (Å²) < 4.78 is 43.5. The largest absolute Gasteiger partial charge is 0.573 e. The smallest absolute Gasteiger partial charge is 0.406 e. The van der Waals surface area contributed by atoms with Crippen LogP contribution in [0.15, 0.2) is 24.5 Å². The Morgan fingerprint density at radius 2 is 1.93 bits per heavy atom. The van der Waals surface area contributed by atoms with Crippen LogP contribution in [0.25, 0.3) is 22.4 Å². The molecular formula is C20H22ClF3N4O. The van der Waals surface area contributed by atoms with Crippen molar-refractivity contribution in [1.29, 1.82) is 0 Å². The summed E-state index contributed by atoms with van der Waals surface area (Å²) in [7, 11) is 0. The summed E-state index contributed by atoms with van der Waals surface area (Å²) in [4.78, 5) is 13.5. The second kappa shape index (κ2) is 8.57. The van der Waals surface area contributed by atoms with Gasteiger partial charge in [0.25, 0.3) is 0 Å². The molecular weight excluding hydrogens is 405 g/mol. The van der Waals surface area contributed by atoms with E-state index < -0.39 is 6.36 Å². The lowest BCUT2D eigenvalue weighted by Gasteiger charge is -2.19. The highest BCUT2D eigenvalue weighted by Crippen LogP contribution is 2.36. The zero-order valence-electron chi connectivity index (χ0n) is 16.4. The van der Waals surface area contributed by atoms with Crippen LogP contribution in [0, 0.1) is 0 Å². The zero-order chi connectivity index (χ0) is 21.2. The number of ether oxygens (including phenoxy) is 1. The first-order valence-corrected chi connectivity index (χ1v) is 9.94. The average Bonchev–Trinajstić information content (AvgIpc) is 3.04. The van der Waals surface area contributed by atoms with Gasteiger partial charge in [-0.15, -0.1) is 13.2 Å². The third-order valence-corrected chi connectivity index (χ3v) is 5.07. The van der Waals surface area contributed by atoms with Crippen LogP contribution in [0.5, 0.6) is 5.75 Å². The minimum Gasteiger partial charge on any atom is -0.406 e. The van der Waals surface area contributed by atoms with Crippen molar-refractivity contribution in [3.8, 4) is 17.0 Å². The lowest BCUT2D eigenvalue weighted by molar-refractivity contribution is -0.274. The maximum atomic E-state index is 12.5. The van der Waals surface area contributed by atoms with Gasteiger partial charge in [-0.2, -0.15) is 0 Å². The van der Waals surface area contributed by atoms with Crippen LogP contribution in [0.3, 0.4) is 0 Å². The highest BCUT2D eigenvalue weighted by Gasteiger charge is 2.31. The molecule has 0 radical (unpaired) electrons. The molecule has 0 aliphatic heterocycles. The number of halogens is 4. The zero-order valence-corrected chi connectivity index (χ0v) is 17.2. The summed E-state index contributed by atoms with van der Waals surface area (Å²) in [6, 6.07) is 4.06. The molecule has 2 heterocycles. The third-order valence-electron chi connectivity index (χ3n) is 4.75. The van der Waals surface area contributed by atoms with Gasteiger partial charge in [-0.3, -0.25) is 0 Å². The predicted octanol–water partition coefficient (Wildman–Crippen LogP) is 6.36. The Bertz CT molecular complexity index is 1000. The van der Waals surface area contributed by atoms with Crippen molar-refractivity contribution in [2.75, 3.05) is 0 Å². The standard InChI is InChI=1S/C20H22ClF3N4O/c1-4-7-12(5-2)28-16(6-3)27-18-17(25-11-26-19(18)28)14-9-8-13(10-15(14)21)29-20(22,23)24/h8-12H,4-7H2,1-3H3. The maximum absolute atomic E-state index is 12.5. The summed E-state index contributed by atoms with van der Waals surface area (Å²) in [6.45, 7) is 6.29. The minimum absolute atomic E-state index is 0.0972. The van der Waals surface area contributed by atoms with Crippen LogP contribution in [-0.2, 0) is 6.42 Å². The molecule has 1 atom stereocenters. The van der Waals surface area contributed by atoms with E-state index >= 15 is 0 Å². The Kier molecular flexibility index (Phi) is 6.31. The molecule has 1 aromatic carbocycles. The maximum Gasteiger partial charge on any atom is 0.573 e. The number of imidazole rings is 1. The second-order valence-electron chi connectivity index (χ2n) is 6.69. The van der Waals surface area contributed by atoms with Crippen molar-refractivity contribution in [2.45, 2.75) is 58.9 Å². The van der Waals surface area contributed by atoms with Crippen molar-refractivity contribution in [2.24, 2.45) is 0 Å². The number of aromatic nitrogens is 4. The lowest BCUT2D eigenvalue weighted by atomic mass is 10.1. The summed E-state index contributed by atoms with van der Waals surface area (Å²) in [5.74, 6) is 0.514. The van der Waals surface area contributed by atoms with E-state index in [0.717, 1.165) is 37.6 Å². The molecule has 1 unspecified atom stereocenters. The van der Waals surface area contributed by atoms with Crippen molar-refractivity contribution in [3.05, 3.63) is 35.4 Å². The molecule has 0 bridgehead atoms. The van der Waals surface area contributed by atoms with Gasteiger partial charge < -0.3 is 9.30 Å². The van der Waals surface area contributed by atoms with Gasteiger partial charge in [0.05, 0.1) is 5.02 Å². The molecule has 0 saturated heterocycles. The molecule has 156 valence electrons. The first-order chi connectivity index (χ1) is 13.8. The lowest BCUT2D eigenvalue weighted by Crippen LogP contribution is -2.17. The molecule has 0 N–H and O–H groups in total. The topological polar surface area (TPSA) is 52.8 Å². The first kappa shape index (κ1) is 21.4. The molecule has 0 aliphatic rings. The molecule has 3 aromatic rings. The molecule has 29 heavy (non-hydrogen) atoms. The molecule has 2 aromatic heterocycles. The van der Waals surface area contributed by atoms with E-state index in [2.05, 4.69) is 33.1 Å². The Morgan fingerprint density at radius 3 is 2.52 bits per heavy atom. The molecule has 5 nitrogen and oxygen atoms in total. The summed E-state index contributed by atoms with van der Waals surface area (Å²) >= 11 is 6.27. The van der Waals surface area contributed by atoms with Crippen molar-refractivity contribution >= 4 is 22.8 Å². The van der Waals surface area contributed by atoms with Crippen LogP contribution in [0.4, 0.5) is 13.2 Å². The van der Waals surface area contributed by atoms with Gasteiger partial charge in [0.2, 0.25) is 0 Å². The van der Waals surface area contributed by atoms with Crippen molar-refractivity contribution in [1.82, 2.24) is 19.5 Å². The van der Waals surface area contributed by atoms with E-state index in [0.29, 0.717) is 22.4 Å². The van der Waals surface area contributed by atoms with E-state index in [1.807, 2.05) is 6.92 Å². The van der Waals surface area contributed by atoms with E-state index in [-0.39, 0.29) is 16.8 Å². The summed E-state index contributed by atoms with van der Waals surface area (Å²) in [5, 5.41) is 0.0972. The average molecular weight is 427 g/mol. The van der Waals surface area contributed by atoms with Crippen LogP contribution < -0.4 is 4.74 Å². The number of rotatable bonds is 7. The Hall–Kier alpha value is -2.35. The molecule has 0 amide bonds. The van der Waals surface area contributed by atoms with Crippen LogP contribution in [0.1, 0.15) is 51.9 Å². The molecule has 0 fully saturated rings. The number of alkyl halides is 3. The van der Waals surface area contributed by atoms with Gasteiger partial charge in [-0.05, 0) is 31.0 Å². The number of hydrogen-bond donors (Lipinski definition) is 0. The minimum atomic E-state index is -4.78. The van der Waals surface area contributed by atoms with Gasteiger partial charge >= 0.3 is 6.36 Å². The fourth-order valence-corrected chi connectivity index (χ4v) is 3.78. The Labute approximate surface area is 171 Å². The molecule has 3 rings (SSSR count). The Morgan fingerprint density at radius 1 is 1.17 bits per heavy atom. The van der Waals surface area contributed by atoms with E-state index in [4.69, 9.17) is 16.6 Å². The van der Waals surface area contributed by atoms with Crippen LogP contribution in [-0.4, -0.2) is 25.9 Å². The quantitative estimate of drug-likeness (QED) is 0.441. The predicted molar refractivity (Wildman–Crippen MR) is 106 cm³/mol. The van der Waals surface area contributed by atoms with Crippen LogP contribution >= 0.6 is 11.6 Å². The monoisotopic (exact) mass is 426 g/mol. The number of nitrogens with zero attached hydrogens (tertiary/aromatic N) is 4. The second-order valence-corrected chi connectivity index (χ2v) is 7.09. The van der Waals surface area contributed by atoms with E-state index in [1.54, 1.807) is 0 Å². The fraction of sp³-hybridized carbons (Fsp3) is 0.450. The highest BCUT2D eigenvalue weighted by molar-refractivity contribution is 6.33. The third kappa shape index (κ3) is 4.47. The SMILES string of the molecule is CCCC(CC)n1c(CC)nc2c(-c3ccc(OC(F)(F)F)cc3Cl)ncnc21. The normalized spacial score (nSPS) is 13.1. The summed E-state index contributed by atoms with van der Waals surface area (Å²) in [6.07, 6.45) is 0.350. The van der Waals surface area contributed by atoms with E-state index in [9.17, 15) is 13.2 Å². The molecule has 0 aliphatic carbocycles. The van der Waals surface area contributed by atoms with Gasteiger partial charge in [0.1, 0.15) is 29.1 Å². The number of fused-ring (bicyclic) bond motifs is 1. The van der Waals surface area contributed by atoms with Gasteiger partial charge in [0, 0.05) is 18.0 Å². The summed E-state index contributed by atoms with van der Waals surface area (Å²) in [5.41, 5.74) is 2.26. The van der Waals surface area contributed by atoms with E-state index in [1.165, 1.54) is 18.5 Å². The number of hydrogen-bond acceptors (Lipinski definition) is 4. The van der Waals surface area contributed by atoms with Crippen molar-refractivity contribution < 1.29 is 17.9 Å². The first-order valence-electron chi connectivity index (χ1n) is 9.56. The number of benzene rings is 1. The van der Waals surface area contributed by atoms with Gasteiger partial charge in [-0.1, -0.05) is 38.8 Å². The molecule has 9 heteroatoms. The van der Waals surface area contributed by atoms with Gasteiger partial charge in [0.15, 0.2) is 5.65 Å². The van der Waals surface area contributed by atoms with Gasteiger partial charge in [-0.25, -0.2) is 15.0 Å².